The Morgan fingerprint density at radius 3 is 3.08 bits per heavy atom. The quantitative estimate of drug-likeness (QED) is 0.580. The molecule has 0 aliphatic heterocycles. The van der Waals surface area contributed by atoms with Crippen molar-refractivity contribution < 1.29 is 0 Å². The predicted octanol–water partition coefficient (Wildman–Crippen LogP) is 2.47. The van der Waals surface area contributed by atoms with Crippen LogP contribution in [0.5, 0.6) is 0 Å². The second kappa shape index (κ2) is 3.13. The van der Waals surface area contributed by atoms with Gasteiger partial charge in [-0.05, 0) is 26.2 Å². The molecule has 1 aliphatic carbocycles. The summed E-state index contributed by atoms with van der Waals surface area (Å²) in [6, 6.07) is 0.557. The van der Waals surface area contributed by atoms with Crippen molar-refractivity contribution >= 4 is 0 Å². The molecule has 1 aromatic heterocycles. The van der Waals surface area contributed by atoms with Crippen molar-refractivity contribution in [1.82, 2.24) is 9.55 Å². The van der Waals surface area contributed by atoms with E-state index in [-0.39, 0.29) is 0 Å². The van der Waals surface area contributed by atoms with Crippen molar-refractivity contribution in [1.29, 1.82) is 0 Å². The lowest BCUT2D eigenvalue weighted by molar-refractivity contribution is 0.509. The Morgan fingerprint density at radius 1 is 1.58 bits per heavy atom. The molecule has 0 fully saturated rings. The highest BCUT2D eigenvalue weighted by atomic mass is 15.1. The van der Waals surface area contributed by atoms with Crippen LogP contribution in [0.15, 0.2) is 24.7 Å². The number of allylic oxidation sites excluding steroid dienone is 2. The van der Waals surface area contributed by atoms with Gasteiger partial charge in [0.1, 0.15) is 0 Å². The smallest absolute Gasteiger partial charge is 0.0953 e. The van der Waals surface area contributed by atoms with Gasteiger partial charge >= 0.3 is 0 Å². The maximum absolute atomic E-state index is 4.13. The largest absolute Gasteiger partial charge is 0.328 e. The summed E-state index contributed by atoms with van der Waals surface area (Å²) < 4.78 is 2.25. The summed E-state index contributed by atoms with van der Waals surface area (Å²) in [6.07, 6.45) is 12.2. The standard InChI is InChI=1S/C10H14N2/c1-9-7-11-8-12(9)10-5-3-2-4-6-10/h3,5,7-8,10H,2,4,6H2,1H3. The molecule has 1 aromatic rings. The van der Waals surface area contributed by atoms with Gasteiger partial charge in [-0.1, -0.05) is 12.2 Å². The molecule has 2 nitrogen and oxygen atoms in total. The summed E-state index contributed by atoms with van der Waals surface area (Å²) in [5.74, 6) is 0. The van der Waals surface area contributed by atoms with Crippen LogP contribution < -0.4 is 0 Å². The predicted molar refractivity (Wildman–Crippen MR) is 49.0 cm³/mol. The summed E-state index contributed by atoms with van der Waals surface area (Å²) >= 11 is 0. The van der Waals surface area contributed by atoms with E-state index < -0.39 is 0 Å². The van der Waals surface area contributed by atoms with Crippen molar-refractivity contribution in [2.75, 3.05) is 0 Å². The number of aromatic nitrogens is 2. The SMILES string of the molecule is Cc1cncn1C1C=CCCC1. The van der Waals surface area contributed by atoms with E-state index >= 15 is 0 Å². The van der Waals surface area contributed by atoms with Crippen LogP contribution >= 0.6 is 0 Å². The Balaban J connectivity index is 2.24. The minimum atomic E-state index is 0.557. The number of aryl methyl sites for hydroxylation is 1. The van der Waals surface area contributed by atoms with E-state index in [1.165, 1.54) is 25.0 Å². The van der Waals surface area contributed by atoms with Crippen molar-refractivity contribution in [3.63, 3.8) is 0 Å². The number of hydrogen-bond donors (Lipinski definition) is 0. The highest BCUT2D eigenvalue weighted by Gasteiger charge is 2.10. The lowest BCUT2D eigenvalue weighted by Crippen LogP contribution is -2.08. The molecule has 1 heterocycles. The Bertz CT molecular complexity index is 286. The third-order valence-corrected chi connectivity index (χ3v) is 2.45. The normalized spacial score (nSPS) is 22.9. The minimum Gasteiger partial charge on any atom is -0.328 e. The summed E-state index contributed by atoms with van der Waals surface area (Å²) in [7, 11) is 0. The fraction of sp³-hybridized carbons (Fsp3) is 0.500. The maximum Gasteiger partial charge on any atom is 0.0953 e. The van der Waals surface area contributed by atoms with Crippen LogP contribution in [-0.2, 0) is 0 Å². The zero-order valence-corrected chi connectivity index (χ0v) is 7.40. The van der Waals surface area contributed by atoms with E-state index in [0.717, 1.165) is 0 Å². The van der Waals surface area contributed by atoms with E-state index in [1.54, 1.807) is 0 Å². The summed E-state index contributed by atoms with van der Waals surface area (Å²) in [4.78, 5) is 4.13. The van der Waals surface area contributed by atoms with Crippen LogP contribution in [0, 0.1) is 6.92 Å². The van der Waals surface area contributed by atoms with E-state index in [0.29, 0.717) is 6.04 Å². The molecular weight excluding hydrogens is 148 g/mol. The monoisotopic (exact) mass is 162 g/mol. The Kier molecular flexibility index (Phi) is 1.98. The van der Waals surface area contributed by atoms with E-state index in [2.05, 4.69) is 28.6 Å². The molecule has 1 aliphatic rings. The molecule has 1 unspecified atom stereocenters. The third-order valence-electron chi connectivity index (χ3n) is 2.45. The highest BCUT2D eigenvalue weighted by molar-refractivity contribution is 5.04. The van der Waals surface area contributed by atoms with Crippen LogP contribution in [0.4, 0.5) is 0 Å². The van der Waals surface area contributed by atoms with Gasteiger partial charge in [-0.3, -0.25) is 0 Å². The summed E-state index contributed by atoms with van der Waals surface area (Å²) in [5, 5.41) is 0. The highest BCUT2D eigenvalue weighted by Crippen LogP contribution is 2.22. The molecular formula is C10H14N2. The molecule has 1 atom stereocenters. The second-order valence-corrected chi connectivity index (χ2v) is 3.37. The molecule has 0 radical (unpaired) electrons. The maximum atomic E-state index is 4.13. The number of nitrogens with zero attached hydrogens (tertiary/aromatic N) is 2. The molecule has 0 N–H and O–H groups in total. The van der Waals surface area contributed by atoms with Gasteiger partial charge in [0.2, 0.25) is 0 Å². The fourth-order valence-electron chi connectivity index (χ4n) is 1.74. The van der Waals surface area contributed by atoms with Gasteiger partial charge in [0.25, 0.3) is 0 Å². The van der Waals surface area contributed by atoms with Gasteiger partial charge in [-0.2, -0.15) is 0 Å². The van der Waals surface area contributed by atoms with Crippen LogP contribution in [0.3, 0.4) is 0 Å². The van der Waals surface area contributed by atoms with Gasteiger partial charge in [-0.15, -0.1) is 0 Å². The van der Waals surface area contributed by atoms with Gasteiger partial charge < -0.3 is 4.57 Å². The lowest BCUT2D eigenvalue weighted by Gasteiger charge is -2.18. The van der Waals surface area contributed by atoms with Gasteiger partial charge in [0.05, 0.1) is 12.4 Å². The molecule has 12 heavy (non-hydrogen) atoms. The first-order valence-electron chi connectivity index (χ1n) is 4.53. The van der Waals surface area contributed by atoms with Crippen LogP contribution in [0.1, 0.15) is 31.0 Å². The van der Waals surface area contributed by atoms with Crippen LogP contribution in [0.25, 0.3) is 0 Å². The molecule has 2 heteroatoms. The first-order valence-corrected chi connectivity index (χ1v) is 4.53. The Hall–Kier alpha value is -1.05. The van der Waals surface area contributed by atoms with Crippen LogP contribution in [-0.4, -0.2) is 9.55 Å². The van der Waals surface area contributed by atoms with Crippen molar-refractivity contribution in [3.05, 3.63) is 30.4 Å². The number of imidazole rings is 1. The van der Waals surface area contributed by atoms with E-state index in [1.807, 2.05) is 12.5 Å². The zero-order chi connectivity index (χ0) is 8.39. The van der Waals surface area contributed by atoms with E-state index in [4.69, 9.17) is 0 Å². The summed E-state index contributed by atoms with van der Waals surface area (Å²) in [5.41, 5.74) is 1.26. The van der Waals surface area contributed by atoms with Gasteiger partial charge in [0.15, 0.2) is 0 Å². The Labute approximate surface area is 72.9 Å². The molecule has 0 spiro atoms. The number of rotatable bonds is 1. The summed E-state index contributed by atoms with van der Waals surface area (Å²) in [6.45, 7) is 2.11. The molecule has 0 amide bonds. The van der Waals surface area contributed by atoms with Crippen molar-refractivity contribution in [2.45, 2.75) is 32.2 Å². The number of hydrogen-bond acceptors (Lipinski definition) is 1. The van der Waals surface area contributed by atoms with E-state index in [9.17, 15) is 0 Å². The molecule has 64 valence electrons. The minimum absolute atomic E-state index is 0.557. The Morgan fingerprint density at radius 2 is 2.50 bits per heavy atom. The molecule has 0 aromatic carbocycles. The zero-order valence-electron chi connectivity index (χ0n) is 7.40. The molecule has 0 saturated carbocycles. The van der Waals surface area contributed by atoms with Crippen molar-refractivity contribution in [2.24, 2.45) is 0 Å². The average molecular weight is 162 g/mol. The second-order valence-electron chi connectivity index (χ2n) is 3.37. The first kappa shape index (κ1) is 7.59. The first-order chi connectivity index (χ1) is 5.88. The third kappa shape index (κ3) is 1.29. The average Bonchev–Trinajstić information content (AvgIpc) is 2.53. The van der Waals surface area contributed by atoms with Gasteiger partial charge in [-0.25, -0.2) is 4.98 Å². The molecule has 0 bridgehead atoms. The van der Waals surface area contributed by atoms with Gasteiger partial charge in [0, 0.05) is 11.9 Å². The topological polar surface area (TPSA) is 17.8 Å². The fourth-order valence-corrected chi connectivity index (χ4v) is 1.74. The lowest BCUT2D eigenvalue weighted by atomic mass is 10.0. The molecule has 0 saturated heterocycles. The molecule has 2 rings (SSSR count). The van der Waals surface area contributed by atoms with Crippen molar-refractivity contribution in [3.8, 4) is 0 Å². The van der Waals surface area contributed by atoms with Crippen LogP contribution in [0.2, 0.25) is 0 Å².